The summed E-state index contributed by atoms with van der Waals surface area (Å²) in [5.74, 6) is -0.933. The lowest BCUT2D eigenvalue weighted by molar-refractivity contribution is -0.140. The van der Waals surface area contributed by atoms with Crippen molar-refractivity contribution in [1.82, 2.24) is 10.2 Å². The fourth-order valence-corrected chi connectivity index (χ4v) is 8.13. The van der Waals surface area contributed by atoms with Crippen molar-refractivity contribution in [3.8, 4) is 0 Å². The first-order valence-electron chi connectivity index (χ1n) is 15.9. The highest BCUT2D eigenvalue weighted by molar-refractivity contribution is 7.92. The smallest absolute Gasteiger partial charge is 0.264 e. The van der Waals surface area contributed by atoms with Crippen LogP contribution < -0.4 is 9.62 Å². The number of amides is 2. The molecular formula is C37H38Cl3N3O4S. The van der Waals surface area contributed by atoms with E-state index in [1.54, 1.807) is 49.4 Å². The molecule has 0 unspecified atom stereocenters. The second kappa shape index (κ2) is 15.8. The summed E-state index contributed by atoms with van der Waals surface area (Å²) >= 11 is 19.6. The van der Waals surface area contributed by atoms with Crippen molar-refractivity contribution < 1.29 is 18.0 Å². The number of anilines is 1. The third kappa shape index (κ3) is 8.53. The zero-order chi connectivity index (χ0) is 34.4. The van der Waals surface area contributed by atoms with Crippen LogP contribution in [-0.2, 0) is 32.6 Å². The van der Waals surface area contributed by atoms with Crippen molar-refractivity contribution in [3.05, 3.63) is 128 Å². The zero-order valence-corrected chi connectivity index (χ0v) is 29.9. The predicted molar refractivity (Wildman–Crippen MR) is 193 cm³/mol. The van der Waals surface area contributed by atoms with E-state index in [0.29, 0.717) is 26.2 Å². The molecule has 0 radical (unpaired) electrons. The van der Waals surface area contributed by atoms with Crippen molar-refractivity contribution in [3.63, 3.8) is 0 Å². The van der Waals surface area contributed by atoms with Gasteiger partial charge in [0.05, 0.1) is 10.6 Å². The Bertz CT molecular complexity index is 1840. The van der Waals surface area contributed by atoms with Crippen LogP contribution in [0.1, 0.15) is 47.9 Å². The topological polar surface area (TPSA) is 86.8 Å². The highest BCUT2D eigenvalue weighted by atomic mass is 35.5. The lowest BCUT2D eigenvalue weighted by Crippen LogP contribution is -2.54. The van der Waals surface area contributed by atoms with E-state index in [1.165, 1.54) is 23.1 Å². The van der Waals surface area contributed by atoms with E-state index >= 15 is 0 Å². The Morgan fingerprint density at radius 2 is 1.50 bits per heavy atom. The van der Waals surface area contributed by atoms with Gasteiger partial charge in [-0.25, -0.2) is 8.42 Å². The van der Waals surface area contributed by atoms with Crippen molar-refractivity contribution in [2.24, 2.45) is 0 Å². The second-order valence-electron chi connectivity index (χ2n) is 12.2. The summed E-state index contributed by atoms with van der Waals surface area (Å²) in [6.45, 7) is 2.88. The molecule has 1 aliphatic rings. The molecule has 0 heterocycles. The SMILES string of the molecule is Cc1ccc(S(=O)(=O)N(CC(=O)N(Cc2c(Cl)cccc2Cl)[C@H](Cc2ccccc2)C(=O)NC2CCCC2)c2cc(Cl)ccc2C)cc1. The van der Waals surface area contributed by atoms with Gasteiger partial charge < -0.3 is 10.2 Å². The molecule has 1 aliphatic carbocycles. The Hall–Kier alpha value is -3.56. The third-order valence-electron chi connectivity index (χ3n) is 8.69. The van der Waals surface area contributed by atoms with Crippen LogP contribution in [0.2, 0.25) is 15.1 Å². The number of carbonyl (C=O) groups is 2. The molecule has 0 spiro atoms. The minimum Gasteiger partial charge on any atom is -0.352 e. The highest BCUT2D eigenvalue weighted by Crippen LogP contribution is 2.32. The molecule has 252 valence electrons. The van der Waals surface area contributed by atoms with Gasteiger partial charge in [0.1, 0.15) is 12.6 Å². The van der Waals surface area contributed by atoms with Gasteiger partial charge in [-0.2, -0.15) is 0 Å². The number of benzene rings is 4. The number of hydrogen-bond donors (Lipinski definition) is 1. The fraction of sp³-hybridized carbons (Fsp3) is 0.297. The largest absolute Gasteiger partial charge is 0.352 e. The van der Waals surface area contributed by atoms with Crippen LogP contribution in [-0.4, -0.2) is 43.8 Å². The number of nitrogens with one attached hydrogen (secondary N) is 1. The Labute approximate surface area is 297 Å². The maximum atomic E-state index is 14.8. The normalized spacial score (nSPS) is 14.0. The Balaban J connectivity index is 1.62. The predicted octanol–water partition coefficient (Wildman–Crippen LogP) is 8.16. The first kappa shape index (κ1) is 35.7. The van der Waals surface area contributed by atoms with Gasteiger partial charge in [0.15, 0.2) is 0 Å². The lowest BCUT2D eigenvalue weighted by Gasteiger charge is -2.35. The van der Waals surface area contributed by atoms with E-state index in [2.05, 4.69) is 5.32 Å². The second-order valence-corrected chi connectivity index (χ2v) is 15.3. The van der Waals surface area contributed by atoms with E-state index in [9.17, 15) is 18.0 Å². The molecule has 2 amide bonds. The van der Waals surface area contributed by atoms with E-state index in [-0.39, 0.29) is 35.5 Å². The fourth-order valence-electron chi connectivity index (χ4n) is 5.98. The van der Waals surface area contributed by atoms with Gasteiger partial charge in [-0.3, -0.25) is 13.9 Å². The molecule has 1 saturated carbocycles. The first-order chi connectivity index (χ1) is 22.9. The average Bonchev–Trinajstić information content (AvgIpc) is 3.57. The highest BCUT2D eigenvalue weighted by Gasteiger charge is 2.36. The van der Waals surface area contributed by atoms with Crippen molar-refractivity contribution in [2.75, 3.05) is 10.8 Å². The minimum atomic E-state index is -4.28. The van der Waals surface area contributed by atoms with E-state index < -0.39 is 28.5 Å². The van der Waals surface area contributed by atoms with Gasteiger partial charge in [-0.05, 0) is 74.2 Å². The Morgan fingerprint density at radius 1 is 0.854 bits per heavy atom. The van der Waals surface area contributed by atoms with Crippen LogP contribution in [0.4, 0.5) is 5.69 Å². The summed E-state index contributed by atoms with van der Waals surface area (Å²) in [5, 5.41) is 4.12. The van der Waals surface area contributed by atoms with Crippen LogP contribution in [0.3, 0.4) is 0 Å². The van der Waals surface area contributed by atoms with Crippen LogP contribution in [0.15, 0.2) is 95.9 Å². The maximum absolute atomic E-state index is 14.8. The number of hydrogen-bond acceptors (Lipinski definition) is 4. The van der Waals surface area contributed by atoms with Crippen molar-refractivity contribution in [1.29, 1.82) is 0 Å². The van der Waals surface area contributed by atoms with E-state index in [0.717, 1.165) is 41.1 Å². The van der Waals surface area contributed by atoms with Gasteiger partial charge >= 0.3 is 0 Å². The quantitative estimate of drug-likeness (QED) is 0.160. The summed E-state index contributed by atoms with van der Waals surface area (Å²) in [4.78, 5) is 30.4. The van der Waals surface area contributed by atoms with Crippen LogP contribution in [0.25, 0.3) is 0 Å². The maximum Gasteiger partial charge on any atom is 0.264 e. The number of nitrogens with zero attached hydrogens (tertiary/aromatic N) is 2. The molecule has 0 saturated heterocycles. The molecule has 11 heteroatoms. The number of sulfonamides is 1. The van der Waals surface area contributed by atoms with E-state index in [4.69, 9.17) is 34.8 Å². The van der Waals surface area contributed by atoms with Gasteiger partial charge in [0.25, 0.3) is 10.0 Å². The Kier molecular flexibility index (Phi) is 11.7. The third-order valence-corrected chi connectivity index (χ3v) is 11.4. The summed E-state index contributed by atoms with van der Waals surface area (Å²) in [5.41, 5.74) is 3.02. The van der Waals surface area contributed by atoms with Crippen LogP contribution in [0.5, 0.6) is 0 Å². The van der Waals surface area contributed by atoms with Crippen LogP contribution in [0, 0.1) is 13.8 Å². The molecule has 0 bridgehead atoms. The molecule has 4 aromatic carbocycles. The standard InChI is InChI=1S/C37H38Cl3N3O4S/c1-25-15-19-30(20-16-25)48(46,47)43(34-22-28(38)18-17-26(34)2)24-36(44)42(23-31-32(39)13-8-14-33(31)40)35(21-27-9-4-3-5-10-27)37(45)41-29-11-6-7-12-29/h3-5,8-10,13-20,22,29,35H,6-7,11-12,21,23-24H2,1-2H3,(H,41,45)/t35-/m1/s1. The van der Waals surface area contributed by atoms with Gasteiger partial charge in [-0.15, -0.1) is 0 Å². The average molecular weight is 727 g/mol. The molecule has 4 aromatic rings. The zero-order valence-electron chi connectivity index (χ0n) is 26.8. The number of carbonyl (C=O) groups excluding carboxylic acids is 2. The molecular weight excluding hydrogens is 689 g/mol. The number of rotatable bonds is 12. The van der Waals surface area contributed by atoms with Crippen molar-refractivity contribution in [2.45, 2.75) is 69.5 Å². The molecule has 5 rings (SSSR count). The monoisotopic (exact) mass is 725 g/mol. The van der Waals surface area contributed by atoms with Crippen LogP contribution >= 0.6 is 34.8 Å². The number of aryl methyl sites for hydroxylation is 2. The van der Waals surface area contributed by atoms with Gasteiger partial charge in [0, 0.05) is 39.6 Å². The molecule has 48 heavy (non-hydrogen) atoms. The first-order valence-corrected chi connectivity index (χ1v) is 18.4. The molecule has 1 N–H and O–H groups in total. The molecule has 1 fully saturated rings. The lowest BCUT2D eigenvalue weighted by atomic mass is 10.0. The molecule has 0 aliphatic heterocycles. The summed E-state index contributed by atoms with van der Waals surface area (Å²) in [6, 6.07) is 24.7. The summed E-state index contributed by atoms with van der Waals surface area (Å²) in [7, 11) is -4.28. The Morgan fingerprint density at radius 3 is 2.15 bits per heavy atom. The number of halogens is 3. The minimum absolute atomic E-state index is 0.0100. The van der Waals surface area contributed by atoms with Gasteiger partial charge in [-0.1, -0.05) is 108 Å². The summed E-state index contributed by atoms with van der Waals surface area (Å²) < 4.78 is 29.8. The molecule has 0 aromatic heterocycles. The van der Waals surface area contributed by atoms with E-state index in [1.807, 2.05) is 37.3 Å². The summed E-state index contributed by atoms with van der Waals surface area (Å²) in [6.07, 6.45) is 3.91. The molecule has 7 nitrogen and oxygen atoms in total. The molecule has 1 atom stereocenters. The van der Waals surface area contributed by atoms with Gasteiger partial charge in [0.2, 0.25) is 11.8 Å². The van der Waals surface area contributed by atoms with Crippen molar-refractivity contribution >= 4 is 62.3 Å².